The Morgan fingerprint density at radius 3 is 2.60 bits per heavy atom. The van der Waals surface area contributed by atoms with Gasteiger partial charge in [0.15, 0.2) is 0 Å². The molecule has 0 amide bonds. The minimum Gasteiger partial charge on any atom is -0.383 e. The smallest absolute Gasteiger partial charge is 0.115 e. The number of hydrogen-bond acceptors (Lipinski definition) is 4. The maximum absolute atomic E-state index is 9.65. The average molecular weight is 438 g/mol. The highest BCUT2D eigenvalue weighted by Crippen LogP contribution is 2.35. The zero-order valence-electron chi connectivity index (χ0n) is 18.0. The Morgan fingerprint density at radius 1 is 1.23 bits per heavy atom. The lowest BCUT2D eigenvalue weighted by Crippen LogP contribution is -2.19. The second kappa shape index (κ2) is 8.84. The summed E-state index contributed by atoms with van der Waals surface area (Å²) in [5.41, 5.74) is 2.54. The summed E-state index contributed by atoms with van der Waals surface area (Å²) in [5.74, 6) is 2.71. The number of nitrogens with zero attached hydrogens (tertiary/aromatic N) is 2. The predicted molar refractivity (Wildman–Crippen MR) is 126 cm³/mol. The monoisotopic (exact) mass is 437 g/mol. The Hall–Kier alpha value is -2.92. The molecule has 2 aromatic carbocycles. The molecule has 0 aliphatic rings. The molecule has 0 spiro atoms. The largest absolute Gasteiger partial charge is 0.383 e. The Kier molecular flexibility index (Phi) is 6.00. The minimum atomic E-state index is -0.480. The highest BCUT2D eigenvalue weighted by molar-refractivity contribution is 6.36. The van der Waals surface area contributed by atoms with Crippen LogP contribution < -0.4 is 10.6 Å². The van der Waals surface area contributed by atoms with Crippen LogP contribution in [0, 0.1) is 29.1 Å². The van der Waals surface area contributed by atoms with Crippen molar-refractivity contribution in [2.45, 2.75) is 26.8 Å². The number of rotatable bonds is 5. The molecule has 2 N–H and O–H groups in total. The van der Waals surface area contributed by atoms with Gasteiger partial charge in [0.2, 0.25) is 0 Å². The molecule has 0 radical (unpaired) electrons. The lowest BCUT2D eigenvalue weighted by atomic mass is 9.96. The number of benzene rings is 2. The van der Waals surface area contributed by atoms with Gasteiger partial charge in [0.05, 0.1) is 23.2 Å². The fourth-order valence-corrected chi connectivity index (χ4v) is 3.50. The molecule has 3 rings (SSSR count). The zero-order chi connectivity index (χ0) is 22.8. The third-order valence-electron chi connectivity index (χ3n) is 4.46. The van der Waals surface area contributed by atoms with Gasteiger partial charge in [-0.3, -0.25) is 4.98 Å². The molecule has 0 saturated carbocycles. The van der Waals surface area contributed by atoms with Crippen molar-refractivity contribution in [3.05, 3.63) is 63.7 Å². The fraction of sp³-hybridized carbons (Fsp3) is 0.250. The van der Waals surface area contributed by atoms with E-state index in [2.05, 4.69) is 48.4 Å². The second-order valence-electron chi connectivity index (χ2n) is 8.12. The van der Waals surface area contributed by atoms with E-state index < -0.39 is 6.04 Å². The van der Waals surface area contributed by atoms with Crippen molar-refractivity contribution in [3.8, 4) is 18.4 Å². The molecular formula is C24H22Cl2N4. The van der Waals surface area contributed by atoms with Gasteiger partial charge in [0.1, 0.15) is 12.1 Å². The van der Waals surface area contributed by atoms with Gasteiger partial charge in [-0.25, -0.2) is 0 Å². The first-order chi connectivity index (χ1) is 14.6. The van der Waals surface area contributed by atoms with Crippen LogP contribution in [0.2, 0.25) is 10.0 Å². The summed E-state index contributed by atoms with van der Waals surface area (Å²) < 4.78 is 8.17. The summed E-state index contributed by atoms with van der Waals surface area (Å²) in [6.07, 6.45) is 5.65. The fourth-order valence-electron chi connectivity index (χ4n) is 2.99. The lowest BCUT2D eigenvalue weighted by molar-refractivity contribution is 0.443. The first-order valence-corrected chi connectivity index (χ1v) is 10.1. The van der Waals surface area contributed by atoms with Crippen LogP contribution in [0.4, 0.5) is 11.4 Å². The van der Waals surface area contributed by atoms with E-state index in [4.69, 9.17) is 31.0 Å². The summed E-state index contributed by atoms with van der Waals surface area (Å²) in [6, 6.07) is 12.5. The first-order valence-electron chi connectivity index (χ1n) is 9.89. The van der Waals surface area contributed by atoms with E-state index in [9.17, 15) is 5.26 Å². The molecular weight excluding hydrogens is 415 g/mol. The molecule has 0 bridgehead atoms. The molecule has 0 fully saturated rings. The molecule has 1 heterocycles. The van der Waals surface area contributed by atoms with Crippen LogP contribution in [0.15, 0.2) is 42.6 Å². The maximum atomic E-state index is 9.65. The van der Waals surface area contributed by atoms with Crippen molar-refractivity contribution in [1.29, 1.82) is 5.26 Å². The van der Waals surface area contributed by atoms with E-state index in [0.29, 0.717) is 38.9 Å². The van der Waals surface area contributed by atoms with Crippen molar-refractivity contribution in [3.63, 3.8) is 0 Å². The molecule has 1 aromatic heterocycles. The van der Waals surface area contributed by atoms with Gasteiger partial charge in [-0.2, -0.15) is 5.26 Å². The zero-order valence-corrected chi connectivity index (χ0v) is 18.5. The quantitative estimate of drug-likeness (QED) is 0.438. The number of aromatic nitrogens is 1. The topological polar surface area (TPSA) is 60.7 Å². The van der Waals surface area contributed by atoms with Gasteiger partial charge in [-0.05, 0) is 23.6 Å². The number of fused-ring (bicyclic) bond motifs is 1. The minimum absolute atomic E-state index is 0.0389. The lowest BCUT2D eigenvalue weighted by Gasteiger charge is -2.22. The van der Waals surface area contributed by atoms with Crippen LogP contribution >= 0.6 is 23.2 Å². The summed E-state index contributed by atoms with van der Waals surface area (Å²) in [4.78, 5) is 4.25. The van der Waals surface area contributed by atoms with Gasteiger partial charge in [0.25, 0.3) is 0 Å². The van der Waals surface area contributed by atoms with Gasteiger partial charge in [0, 0.05) is 34.4 Å². The molecule has 0 aliphatic carbocycles. The van der Waals surface area contributed by atoms with Crippen LogP contribution in [-0.4, -0.2) is 11.5 Å². The summed E-state index contributed by atoms with van der Waals surface area (Å²) in [7, 11) is 0. The standard InChI is InChI=1S/C24H22Cl2N4/c1-5-21(17-8-6-7-9-19(17)25)30-16-10-18-22(29-14-24(2,3)4)15(12-27)13-28-23(18)20(26)11-16/h1,6-11,13,21,30H,14H2,2-4H3,(H,28,29)/t21-/m1/s1/i13D. The first kappa shape index (κ1) is 20.4. The Bertz CT molecular complexity index is 1220. The van der Waals surface area contributed by atoms with E-state index >= 15 is 0 Å². The normalized spacial score (nSPS) is 12.6. The summed E-state index contributed by atoms with van der Waals surface area (Å²) >= 11 is 12.8. The summed E-state index contributed by atoms with van der Waals surface area (Å²) in [6.45, 7) is 6.84. The van der Waals surface area contributed by atoms with Crippen molar-refractivity contribution in [2.75, 3.05) is 17.2 Å². The molecule has 0 aliphatic heterocycles. The molecule has 6 heteroatoms. The Labute approximate surface area is 188 Å². The van der Waals surface area contributed by atoms with Gasteiger partial charge in [-0.1, -0.05) is 68.1 Å². The number of nitrogens with one attached hydrogen (secondary N) is 2. The Balaban J connectivity index is 2.13. The van der Waals surface area contributed by atoms with E-state index in [1.165, 1.54) is 0 Å². The highest BCUT2D eigenvalue weighted by Gasteiger charge is 2.17. The van der Waals surface area contributed by atoms with E-state index in [0.717, 1.165) is 5.56 Å². The Morgan fingerprint density at radius 2 is 1.97 bits per heavy atom. The van der Waals surface area contributed by atoms with Gasteiger partial charge < -0.3 is 10.6 Å². The van der Waals surface area contributed by atoms with Crippen LogP contribution in [0.3, 0.4) is 0 Å². The van der Waals surface area contributed by atoms with Crippen molar-refractivity contribution < 1.29 is 1.37 Å². The SMILES string of the molecule is [2H]c1nc2c(Cl)cc(N[C@H](C#C)c3ccccc3Cl)cc2c(NCC(C)(C)C)c1C#N. The maximum Gasteiger partial charge on any atom is 0.115 e. The third-order valence-corrected chi connectivity index (χ3v) is 5.10. The number of pyridine rings is 1. The van der Waals surface area contributed by atoms with Gasteiger partial charge in [-0.15, -0.1) is 6.42 Å². The third kappa shape index (κ3) is 4.79. The van der Waals surface area contributed by atoms with Crippen molar-refractivity contribution >= 4 is 45.5 Å². The van der Waals surface area contributed by atoms with Crippen LogP contribution in [-0.2, 0) is 0 Å². The number of anilines is 2. The predicted octanol–water partition coefficient (Wildman–Crippen LogP) is 6.66. The number of hydrogen-bond donors (Lipinski definition) is 2. The van der Waals surface area contributed by atoms with Crippen LogP contribution in [0.5, 0.6) is 0 Å². The molecule has 4 nitrogen and oxygen atoms in total. The molecule has 0 saturated heterocycles. The highest BCUT2D eigenvalue weighted by atomic mass is 35.5. The molecule has 3 aromatic rings. The van der Waals surface area contributed by atoms with Gasteiger partial charge >= 0.3 is 0 Å². The van der Waals surface area contributed by atoms with Crippen molar-refractivity contribution in [1.82, 2.24) is 4.98 Å². The van der Waals surface area contributed by atoms with Crippen LogP contribution in [0.1, 0.15) is 39.3 Å². The molecule has 0 unspecified atom stereocenters. The van der Waals surface area contributed by atoms with E-state index in [1.807, 2.05) is 24.3 Å². The van der Waals surface area contributed by atoms with Crippen LogP contribution in [0.25, 0.3) is 10.9 Å². The van der Waals surface area contributed by atoms with E-state index in [1.54, 1.807) is 12.1 Å². The molecule has 152 valence electrons. The summed E-state index contributed by atoms with van der Waals surface area (Å²) in [5, 5.41) is 17.8. The van der Waals surface area contributed by atoms with E-state index in [-0.39, 0.29) is 17.2 Å². The number of halogens is 2. The number of terminal acetylenes is 1. The molecule has 1 atom stereocenters. The number of nitriles is 1. The molecule has 30 heavy (non-hydrogen) atoms. The van der Waals surface area contributed by atoms with Crippen molar-refractivity contribution in [2.24, 2.45) is 5.41 Å². The average Bonchev–Trinajstić information content (AvgIpc) is 2.70. The second-order valence-corrected chi connectivity index (χ2v) is 8.93.